The Morgan fingerprint density at radius 3 is 2.48 bits per heavy atom. The first-order valence-electron chi connectivity index (χ1n) is 7.45. The second-order valence-electron chi connectivity index (χ2n) is 5.48. The Hall–Kier alpha value is -0.860. The van der Waals surface area contributed by atoms with Gasteiger partial charge in [0.25, 0.3) is 11.8 Å². The van der Waals surface area contributed by atoms with E-state index in [1.807, 2.05) is 13.8 Å². The van der Waals surface area contributed by atoms with Crippen LogP contribution in [0.25, 0.3) is 0 Å². The molecule has 5 nitrogen and oxygen atoms in total. The van der Waals surface area contributed by atoms with Gasteiger partial charge in [0, 0.05) is 25.2 Å². The van der Waals surface area contributed by atoms with E-state index < -0.39 is 4.75 Å². The van der Waals surface area contributed by atoms with Gasteiger partial charge in [-0.25, -0.2) is 0 Å². The number of imide groups is 1. The molecule has 0 saturated carbocycles. The number of nitrogens with zero attached hydrogens (tertiary/aromatic N) is 1. The third-order valence-electron chi connectivity index (χ3n) is 3.12. The molecule has 1 heterocycles. The molecule has 1 aliphatic rings. The average molecular weight is 375 g/mol. The molecule has 0 bridgehead atoms. The summed E-state index contributed by atoms with van der Waals surface area (Å²) in [6, 6.07) is 0. The molecule has 0 fully saturated rings. The van der Waals surface area contributed by atoms with E-state index in [9.17, 15) is 14.4 Å². The van der Waals surface area contributed by atoms with Crippen LogP contribution in [0.15, 0.2) is 12.2 Å². The van der Waals surface area contributed by atoms with Crippen LogP contribution in [0.5, 0.6) is 0 Å². The van der Waals surface area contributed by atoms with Gasteiger partial charge in [-0.15, -0.1) is 11.8 Å². The molecule has 1 N–H and O–H groups in total. The summed E-state index contributed by atoms with van der Waals surface area (Å²) >= 11 is 8.27. The lowest BCUT2D eigenvalue weighted by atomic mass is 10.2. The summed E-state index contributed by atoms with van der Waals surface area (Å²) in [5.41, 5.74) is 0. The fraction of sp³-hybridized carbons (Fsp3) is 0.600. The van der Waals surface area contributed by atoms with Gasteiger partial charge in [-0.3, -0.25) is 19.3 Å². The summed E-state index contributed by atoms with van der Waals surface area (Å²) in [6.45, 7) is 6.16. The monoisotopic (exact) mass is 374 g/mol. The van der Waals surface area contributed by atoms with Gasteiger partial charge in [-0.05, 0) is 26.0 Å². The predicted octanol–water partition coefficient (Wildman–Crippen LogP) is 2.36. The summed E-state index contributed by atoms with van der Waals surface area (Å²) in [4.78, 5) is 36.2. The number of carbonyl (C=O) groups excluding carboxylic acids is 3. The van der Waals surface area contributed by atoms with Crippen molar-refractivity contribution in [2.24, 2.45) is 0 Å². The van der Waals surface area contributed by atoms with Gasteiger partial charge in [0.2, 0.25) is 5.91 Å². The number of hydrogen-bond donors (Lipinski definition) is 1. The van der Waals surface area contributed by atoms with E-state index in [0.29, 0.717) is 0 Å². The van der Waals surface area contributed by atoms with Crippen molar-refractivity contribution < 1.29 is 14.4 Å². The third-order valence-corrected chi connectivity index (χ3v) is 5.92. The zero-order valence-electron chi connectivity index (χ0n) is 13.6. The van der Waals surface area contributed by atoms with E-state index in [0.717, 1.165) is 27.0 Å². The molecule has 23 heavy (non-hydrogen) atoms. The SMILES string of the molecule is CCCCSC(=S)SC(C)(C)C(=O)NCCN1C(=O)C=CC1=O. The minimum Gasteiger partial charge on any atom is -0.353 e. The van der Waals surface area contributed by atoms with Gasteiger partial charge in [0.15, 0.2) is 0 Å². The van der Waals surface area contributed by atoms with Crippen molar-refractivity contribution in [3.63, 3.8) is 0 Å². The lowest BCUT2D eigenvalue weighted by Gasteiger charge is -2.23. The molecule has 0 aliphatic carbocycles. The van der Waals surface area contributed by atoms with Crippen molar-refractivity contribution in [2.75, 3.05) is 18.8 Å². The lowest BCUT2D eigenvalue weighted by molar-refractivity contribution is -0.137. The van der Waals surface area contributed by atoms with E-state index >= 15 is 0 Å². The maximum absolute atomic E-state index is 12.3. The first-order valence-corrected chi connectivity index (χ1v) is 9.66. The van der Waals surface area contributed by atoms with Gasteiger partial charge in [-0.2, -0.15) is 0 Å². The molecule has 0 spiro atoms. The van der Waals surface area contributed by atoms with E-state index in [4.69, 9.17) is 12.2 Å². The Labute approximate surface area is 151 Å². The quantitative estimate of drug-likeness (QED) is 0.400. The summed E-state index contributed by atoms with van der Waals surface area (Å²) < 4.78 is 0.0702. The molecule has 0 radical (unpaired) electrons. The van der Waals surface area contributed by atoms with Crippen LogP contribution in [-0.4, -0.2) is 49.7 Å². The number of unbranched alkanes of at least 4 members (excludes halogenated alkanes) is 1. The molecule has 8 heteroatoms. The van der Waals surface area contributed by atoms with Crippen LogP contribution in [-0.2, 0) is 14.4 Å². The molecule has 0 aromatic carbocycles. The molecular weight excluding hydrogens is 352 g/mol. The Bertz CT molecular complexity index is 500. The molecular formula is C15H22N2O3S3. The number of carbonyl (C=O) groups is 3. The molecule has 0 aromatic rings. The molecule has 1 aliphatic heterocycles. The number of amides is 3. The predicted molar refractivity (Wildman–Crippen MR) is 101 cm³/mol. The van der Waals surface area contributed by atoms with E-state index in [1.54, 1.807) is 11.8 Å². The van der Waals surface area contributed by atoms with Crippen LogP contribution in [0, 0.1) is 0 Å². The molecule has 3 amide bonds. The van der Waals surface area contributed by atoms with Gasteiger partial charge in [-0.1, -0.05) is 37.3 Å². The second kappa shape index (κ2) is 9.44. The summed E-state index contributed by atoms with van der Waals surface area (Å²) in [5, 5.41) is 2.76. The fourth-order valence-electron chi connectivity index (χ4n) is 1.73. The number of nitrogens with one attached hydrogen (secondary N) is 1. The van der Waals surface area contributed by atoms with E-state index in [1.165, 1.54) is 23.9 Å². The fourth-order valence-corrected chi connectivity index (χ4v) is 4.90. The standard InChI is InChI=1S/C15H22N2O3S3/c1-4-5-10-22-14(21)23-15(2,3)13(20)16-8-9-17-11(18)6-7-12(17)19/h6-7H,4-5,8-10H2,1-3H3,(H,16,20). The van der Waals surface area contributed by atoms with Gasteiger partial charge >= 0.3 is 0 Å². The second-order valence-corrected chi connectivity index (χ2v) is 9.40. The number of thioether (sulfide) groups is 2. The zero-order chi connectivity index (χ0) is 17.5. The maximum atomic E-state index is 12.3. The molecule has 0 saturated heterocycles. The van der Waals surface area contributed by atoms with Crippen LogP contribution in [0.4, 0.5) is 0 Å². The highest BCUT2D eigenvalue weighted by Crippen LogP contribution is 2.31. The van der Waals surface area contributed by atoms with E-state index in [-0.39, 0.29) is 30.8 Å². The summed E-state index contributed by atoms with van der Waals surface area (Å²) in [6.07, 6.45) is 4.68. The Kier molecular flexibility index (Phi) is 8.28. The third kappa shape index (κ3) is 6.64. The zero-order valence-corrected chi connectivity index (χ0v) is 16.0. The van der Waals surface area contributed by atoms with Crippen LogP contribution >= 0.6 is 35.7 Å². The number of rotatable bonds is 8. The number of thiocarbonyl (C=S) groups is 1. The first kappa shape index (κ1) is 20.2. The Morgan fingerprint density at radius 2 is 1.91 bits per heavy atom. The van der Waals surface area contributed by atoms with Crippen molar-refractivity contribution in [3.05, 3.63) is 12.2 Å². The molecule has 0 aromatic heterocycles. The van der Waals surface area contributed by atoms with Gasteiger partial charge in [0.05, 0.1) is 4.75 Å². The van der Waals surface area contributed by atoms with E-state index in [2.05, 4.69) is 12.2 Å². The highest BCUT2D eigenvalue weighted by Gasteiger charge is 2.30. The highest BCUT2D eigenvalue weighted by molar-refractivity contribution is 8.47. The lowest BCUT2D eigenvalue weighted by Crippen LogP contribution is -2.44. The van der Waals surface area contributed by atoms with Crippen molar-refractivity contribution in [2.45, 2.75) is 38.4 Å². The Balaban J connectivity index is 2.35. The Morgan fingerprint density at radius 1 is 1.30 bits per heavy atom. The number of hydrogen-bond acceptors (Lipinski definition) is 6. The smallest absolute Gasteiger partial charge is 0.253 e. The van der Waals surface area contributed by atoms with Crippen LogP contribution in [0.2, 0.25) is 0 Å². The van der Waals surface area contributed by atoms with Gasteiger partial charge in [0.1, 0.15) is 3.53 Å². The van der Waals surface area contributed by atoms with Crippen molar-refractivity contribution >= 4 is 57.0 Å². The maximum Gasteiger partial charge on any atom is 0.253 e. The van der Waals surface area contributed by atoms with Crippen molar-refractivity contribution in [1.29, 1.82) is 0 Å². The normalized spacial score (nSPS) is 14.5. The van der Waals surface area contributed by atoms with Crippen LogP contribution < -0.4 is 5.32 Å². The molecule has 1 rings (SSSR count). The molecule has 0 unspecified atom stereocenters. The average Bonchev–Trinajstić information content (AvgIpc) is 2.78. The minimum atomic E-state index is -0.687. The molecule has 0 atom stereocenters. The largest absolute Gasteiger partial charge is 0.353 e. The molecule has 128 valence electrons. The summed E-state index contributed by atoms with van der Waals surface area (Å²) in [7, 11) is 0. The van der Waals surface area contributed by atoms with Crippen LogP contribution in [0.3, 0.4) is 0 Å². The summed E-state index contributed by atoms with van der Waals surface area (Å²) in [5.74, 6) is 0.123. The van der Waals surface area contributed by atoms with Crippen molar-refractivity contribution in [3.8, 4) is 0 Å². The van der Waals surface area contributed by atoms with Gasteiger partial charge < -0.3 is 5.32 Å². The van der Waals surface area contributed by atoms with Crippen LogP contribution in [0.1, 0.15) is 33.6 Å². The topological polar surface area (TPSA) is 66.5 Å². The highest BCUT2D eigenvalue weighted by atomic mass is 32.2. The van der Waals surface area contributed by atoms with Crippen molar-refractivity contribution in [1.82, 2.24) is 10.2 Å². The minimum absolute atomic E-state index is 0.159. The first-order chi connectivity index (χ1) is 10.8.